The molecule has 2 rings (SSSR count). The van der Waals surface area contributed by atoms with Crippen LogP contribution in [0, 0.1) is 11.8 Å². The van der Waals surface area contributed by atoms with Gasteiger partial charge in [0, 0.05) is 13.0 Å². The van der Waals surface area contributed by atoms with Gasteiger partial charge in [0.25, 0.3) is 0 Å². The number of hydrogen-bond donors (Lipinski definition) is 2. The molecule has 1 amide bonds. The summed E-state index contributed by atoms with van der Waals surface area (Å²) in [5.41, 5.74) is 0. The Morgan fingerprint density at radius 3 is 2.71 bits per heavy atom. The third-order valence-electron chi connectivity index (χ3n) is 4.31. The van der Waals surface area contributed by atoms with Crippen molar-refractivity contribution in [3.63, 3.8) is 0 Å². The number of piperidine rings is 1. The Hall–Kier alpha value is -0.610. The summed E-state index contributed by atoms with van der Waals surface area (Å²) < 4.78 is 0. The van der Waals surface area contributed by atoms with E-state index in [4.69, 9.17) is 0 Å². The van der Waals surface area contributed by atoms with Crippen molar-refractivity contribution in [2.45, 2.75) is 38.6 Å². The van der Waals surface area contributed by atoms with Gasteiger partial charge in [-0.05, 0) is 44.2 Å². The minimum atomic E-state index is 0.0595. The average molecular weight is 240 g/mol. The van der Waals surface area contributed by atoms with Gasteiger partial charge in [0.1, 0.15) is 0 Å². The molecule has 0 aromatic carbocycles. The number of likely N-dealkylation sites (tertiary alicyclic amines) is 1. The number of amides is 1. The fraction of sp³-hybridized carbons (Fsp3) is 0.923. The lowest BCUT2D eigenvalue weighted by atomic mass is 9.94. The van der Waals surface area contributed by atoms with Gasteiger partial charge < -0.3 is 15.3 Å². The molecule has 17 heavy (non-hydrogen) atoms. The van der Waals surface area contributed by atoms with Gasteiger partial charge in [-0.15, -0.1) is 0 Å². The highest BCUT2D eigenvalue weighted by atomic mass is 16.3. The first kappa shape index (κ1) is 12.8. The van der Waals surface area contributed by atoms with E-state index in [1.165, 1.54) is 0 Å². The zero-order valence-electron chi connectivity index (χ0n) is 10.7. The van der Waals surface area contributed by atoms with Crippen molar-refractivity contribution < 1.29 is 9.90 Å². The second-order valence-corrected chi connectivity index (χ2v) is 5.50. The van der Waals surface area contributed by atoms with Crippen LogP contribution in [0.1, 0.15) is 32.6 Å². The Morgan fingerprint density at radius 1 is 1.35 bits per heavy atom. The van der Waals surface area contributed by atoms with Gasteiger partial charge in [-0.3, -0.25) is 4.79 Å². The molecule has 0 aromatic rings. The standard InChI is InChI=1S/C13H24N2O2/c1-10-4-7-15(12(10)9-16)13(17)8-11-2-5-14-6-3-11/h10-12,14,16H,2-9H2,1H3. The highest BCUT2D eigenvalue weighted by Crippen LogP contribution is 2.26. The Balaban J connectivity index is 1.86. The van der Waals surface area contributed by atoms with E-state index < -0.39 is 0 Å². The molecule has 0 spiro atoms. The van der Waals surface area contributed by atoms with E-state index in [2.05, 4.69) is 12.2 Å². The second kappa shape index (κ2) is 5.83. The van der Waals surface area contributed by atoms with Crippen molar-refractivity contribution in [2.75, 3.05) is 26.2 Å². The maximum atomic E-state index is 12.2. The third kappa shape index (κ3) is 2.99. The summed E-state index contributed by atoms with van der Waals surface area (Å²) in [6.45, 7) is 5.14. The van der Waals surface area contributed by atoms with Crippen LogP contribution in [0.4, 0.5) is 0 Å². The van der Waals surface area contributed by atoms with Crippen LogP contribution in [0.3, 0.4) is 0 Å². The van der Waals surface area contributed by atoms with E-state index in [9.17, 15) is 9.90 Å². The predicted octanol–water partition coefficient (Wildman–Crippen LogP) is 0.605. The van der Waals surface area contributed by atoms with Crippen molar-refractivity contribution in [1.82, 2.24) is 10.2 Å². The lowest BCUT2D eigenvalue weighted by Gasteiger charge is -2.28. The van der Waals surface area contributed by atoms with Gasteiger partial charge in [0.15, 0.2) is 0 Å². The predicted molar refractivity (Wildman–Crippen MR) is 66.6 cm³/mol. The van der Waals surface area contributed by atoms with Crippen LogP contribution >= 0.6 is 0 Å². The van der Waals surface area contributed by atoms with Crippen LogP contribution in [0.5, 0.6) is 0 Å². The van der Waals surface area contributed by atoms with E-state index in [1.807, 2.05) is 4.90 Å². The molecule has 4 nitrogen and oxygen atoms in total. The van der Waals surface area contributed by atoms with Crippen molar-refractivity contribution in [3.05, 3.63) is 0 Å². The number of aliphatic hydroxyl groups is 1. The molecule has 2 saturated heterocycles. The van der Waals surface area contributed by atoms with Gasteiger partial charge >= 0.3 is 0 Å². The molecular formula is C13H24N2O2. The fourth-order valence-electron chi connectivity index (χ4n) is 3.05. The van der Waals surface area contributed by atoms with E-state index in [0.717, 1.165) is 38.9 Å². The maximum absolute atomic E-state index is 12.2. The number of nitrogens with zero attached hydrogens (tertiary/aromatic N) is 1. The lowest BCUT2D eigenvalue weighted by Crippen LogP contribution is -2.41. The molecule has 0 aromatic heterocycles. The summed E-state index contributed by atoms with van der Waals surface area (Å²) in [6, 6.07) is 0.0595. The molecule has 2 fully saturated rings. The van der Waals surface area contributed by atoms with Crippen LogP contribution in [-0.4, -0.2) is 48.2 Å². The van der Waals surface area contributed by atoms with Crippen LogP contribution < -0.4 is 5.32 Å². The van der Waals surface area contributed by atoms with Crippen LogP contribution in [0.2, 0.25) is 0 Å². The van der Waals surface area contributed by atoms with Gasteiger partial charge in [0.05, 0.1) is 12.6 Å². The number of carbonyl (C=O) groups excluding carboxylic acids is 1. The average Bonchev–Trinajstić information content (AvgIpc) is 2.71. The van der Waals surface area contributed by atoms with Crippen LogP contribution in [0.15, 0.2) is 0 Å². The summed E-state index contributed by atoms with van der Waals surface area (Å²) in [5.74, 6) is 1.23. The number of aliphatic hydroxyl groups excluding tert-OH is 1. The number of rotatable bonds is 3. The summed E-state index contributed by atoms with van der Waals surface area (Å²) in [5, 5.41) is 12.7. The highest BCUT2D eigenvalue weighted by molar-refractivity contribution is 5.77. The van der Waals surface area contributed by atoms with E-state index in [1.54, 1.807) is 0 Å². The fourth-order valence-corrected chi connectivity index (χ4v) is 3.05. The van der Waals surface area contributed by atoms with E-state index in [0.29, 0.717) is 18.3 Å². The number of nitrogens with one attached hydrogen (secondary N) is 1. The molecule has 0 saturated carbocycles. The zero-order chi connectivity index (χ0) is 12.3. The third-order valence-corrected chi connectivity index (χ3v) is 4.31. The van der Waals surface area contributed by atoms with E-state index >= 15 is 0 Å². The second-order valence-electron chi connectivity index (χ2n) is 5.50. The molecule has 2 heterocycles. The molecule has 2 atom stereocenters. The lowest BCUT2D eigenvalue weighted by molar-refractivity contribution is -0.134. The van der Waals surface area contributed by atoms with E-state index in [-0.39, 0.29) is 18.6 Å². The van der Waals surface area contributed by atoms with Crippen molar-refractivity contribution in [2.24, 2.45) is 11.8 Å². The minimum absolute atomic E-state index is 0.0595. The van der Waals surface area contributed by atoms with Crippen LogP contribution in [-0.2, 0) is 4.79 Å². The molecule has 0 aliphatic carbocycles. The van der Waals surface area contributed by atoms with Gasteiger partial charge in [0.2, 0.25) is 5.91 Å². The van der Waals surface area contributed by atoms with Crippen molar-refractivity contribution in [3.8, 4) is 0 Å². The zero-order valence-corrected chi connectivity index (χ0v) is 10.7. The quantitative estimate of drug-likeness (QED) is 0.760. The Labute approximate surface area is 103 Å². The van der Waals surface area contributed by atoms with Crippen LogP contribution in [0.25, 0.3) is 0 Å². The largest absolute Gasteiger partial charge is 0.394 e. The molecule has 2 N–H and O–H groups in total. The topological polar surface area (TPSA) is 52.6 Å². The molecule has 0 radical (unpaired) electrons. The van der Waals surface area contributed by atoms with Gasteiger partial charge in [-0.1, -0.05) is 6.92 Å². The maximum Gasteiger partial charge on any atom is 0.223 e. The molecule has 2 aliphatic heterocycles. The Morgan fingerprint density at radius 2 is 2.06 bits per heavy atom. The summed E-state index contributed by atoms with van der Waals surface area (Å²) >= 11 is 0. The molecular weight excluding hydrogens is 216 g/mol. The molecule has 0 bridgehead atoms. The minimum Gasteiger partial charge on any atom is -0.394 e. The molecule has 2 aliphatic rings. The first-order valence-electron chi connectivity index (χ1n) is 6.83. The van der Waals surface area contributed by atoms with Crippen molar-refractivity contribution in [1.29, 1.82) is 0 Å². The van der Waals surface area contributed by atoms with Crippen molar-refractivity contribution >= 4 is 5.91 Å². The first-order valence-corrected chi connectivity index (χ1v) is 6.83. The highest BCUT2D eigenvalue weighted by Gasteiger charge is 2.34. The summed E-state index contributed by atoms with van der Waals surface area (Å²) in [7, 11) is 0. The Kier molecular flexibility index (Phi) is 4.40. The Bertz CT molecular complexity index is 264. The number of carbonyl (C=O) groups is 1. The number of hydrogen-bond acceptors (Lipinski definition) is 3. The van der Waals surface area contributed by atoms with Gasteiger partial charge in [-0.25, -0.2) is 0 Å². The summed E-state index contributed by atoms with van der Waals surface area (Å²) in [6.07, 6.45) is 3.92. The molecule has 2 unspecified atom stereocenters. The smallest absolute Gasteiger partial charge is 0.223 e. The SMILES string of the molecule is CC1CCN(C(=O)CC2CCNCC2)C1CO. The summed E-state index contributed by atoms with van der Waals surface area (Å²) in [4.78, 5) is 14.1. The molecule has 98 valence electrons. The first-order chi connectivity index (χ1) is 8.22. The monoisotopic (exact) mass is 240 g/mol. The van der Waals surface area contributed by atoms with Gasteiger partial charge in [-0.2, -0.15) is 0 Å². The normalized spacial score (nSPS) is 30.8. The molecule has 4 heteroatoms.